The van der Waals surface area contributed by atoms with Crippen LogP contribution in [0, 0.1) is 0 Å². The molecule has 2 amide bonds. The van der Waals surface area contributed by atoms with Crippen molar-refractivity contribution in [3.63, 3.8) is 0 Å². The standard InChI is InChI=1S/C28H32ClN7O3/c1-17(37)35-10-12-36(13-11-35)19-8-9-21(23(14-19)39-4)33-27-31-16-20(29)25(34-27)30-15-18-6-5-7-22-24(18)28(2,3)26(38)32-22/h5-9,14,16H,10-13,15H2,1-4H3,(H,32,38)(H2,30,31,33,34). The summed E-state index contributed by atoms with van der Waals surface area (Å²) in [6.45, 7) is 8.79. The van der Waals surface area contributed by atoms with Crippen LogP contribution in [0.5, 0.6) is 5.75 Å². The van der Waals surface area contributed by atoms with Crippen molar-refractivity contribution in [1.82, 2.24) is 14.9 Å². The first-order valence-electron chi connectivity index (χ1n) is 12.8. The number of benzene rings is 2. The SMILES string of the molecule is COc1cc(N2CCN(C(C)=O)CC2)ccc1Nc1ncc(Cl)c(NCc2cccc3c2C(C)(C)C(=O)N3)n1. The van der Waals surface area contributed by atoms with Crippen LogP contribution in [0.4, 0.5) is 28.8 Å². The predicted octanol–water partition coefficient (Wildman–Crippen LogP) is 4.39. The molecule has 3 aromatic rings. The highest BCUT2D eigenvalue weighted by Gasteiger charge is 2.39. The lowest BCUT2D eigenvalue weighted by molar-refractivity contribution is -0.129. The monoisotopic (exact) mass is 549 g/mol. The molecule has 2 aliphatic heterocycles. The van der Waals surface area contributed by atoms with Crippen LogP contribution in [0.15, 0.2) is 42.6 Å². The van der Waals surface area contributed by atoms with E-state index in [1.165, 1.54) is 0 Å². The number of carbonyl (C=O) groups is 2. The Kier molecular flexibility index (Phi) is 7.22. The number of rotatable bonds is 7. The van der Waals surface area contributed by atoms with Gasteiger partial charge in [0.05, 0.1) is 24.4 Å². The van der Waals surface area contributed by atoms with E-state index in [9.17, 15) is 9.59 Å². The number of ether oxygens (including phenoxy) is 1. The number of hydrogen-bond acceptors (Lipinski definition) is 8. The maximum absolute atomic E-state index is 12.4. The summed E-state index contributed by atoms with van der Waals surface area (Å²) in [6.07, 6.45) is 1.54. The molecule has 1 fully saturated rings. The quantitative estimate of drug-likeness (QED) is 0.398. The number of piperazine rings is 1. The van der Waals surface area contributed by atoms with E-state index in [1.54, 1.807) is 20.2 Å². The van der Waals surface area contributed by atoms with E-state index in [0.717, 1.165) is 35.6 Å². The van der Waals surface area contributed by atoms with E-state index in [-0.39, 0.29) is 11.8 Å². The van der Waals surface area contributed by atoms with Crippen molar-refractivity contribution >= 4 is 52.2 Å². The zero-order valence-corrected chi connectivity index (χ0v) is 23.2. The number of anilines is 5. The Morgan fingerprint density at radius 3 is 2.67 bits per heavy atom. The molecule has 5 rings (SSSR count). The van der Waals surface area contributed by atoms with Gasteiger partial charge < -0.3 is 30.5 Å². The molecule has 0 saturated carbocycles. The van der Waals surface area contributed by atoms with E-state index >= 15 is 0 Å². The summed E-state index contributed by atoms with van der Waals surface area (Å²) in [6, 6.07) is 11.7. The average molecular weight is 550 g/mol. The topological polar surface area (TPSA) is 112 Å². The first-order valence-corrected chi connectivity index (χ1v) is 13.2. The van der Waals surface area contributed by atoms with Gasteiger partial charge in [0, 0.05) is 57.1 Å². The average Bonchev–Trinajstić information content (AvgIpc) is 3.17. The van der Waals surface area contributed by atoms with Crippen LogP contribution in [0.1, 0.15) is 31.9 Å². The van der Waals surface area contributed by atoms with Crippen LogP contribution in [-0.2, 0) is 21.5 Å². The number of halogens is 1. The maximum Gasteiger partial charge on any atom is 0.234 e. The molecule has 11 heteroatoms. The van der Waals surface area contributed by atoms with Gasteiger partial charge in [-0.05, 0) is 43.2 Å². The molecule has 1 aromatic heterocycles. The Morgan fingerprint density at radius 1 is 1.18 bits per heavy atom. The number of carbonyl (C=O) groups excluding carboxylic acids is 2. The highest BCUT2D eigenvalue weighted by Crippen LogP contribution is 2.40. The van der Waals surface area contributed by atoms with E-state index in [4.69, 9.17) is 16.3 Å². The molecule has 39 heavy (non-hydrogen) atoms. The lowest BCUT2D eigenvalue weighted by Gasteiger charge is -2.35. The van der Waals surface area contributed by atoms with Crippen molar-refractivity contribution < 1.29 is 14.3 Å². The second kappa shape index (κ2) is 10.6. The molecule has 0 radical (unpaired) electrons. The third-order valence-corrected chi connectivity index (χ3v) is 7.58. The Bertz CT molecular complexity index is 1420. The molecule has 0 aliphatic carbocycles. The predicted molar refractivity (Wildman–Crippen MR) is 153 cm³/mol. The van der Waals surface area contributed by atoms with E-state index in [2.05, 4.69) is 30.8 Å². The summed E-state index contributed by atoms with van der Waals surface area (Å²) in [5.41, 5.74) is 3.89. The molecule has 1 saturated heterocycles. The second-order valence-electron chi connectivity index (χ2n) is 10.2. The minimum Gasteiger partial charge on any atom is -0.494 e. The molecule has 10 nitrogen and oxygen atoms in total. The molecular weight excluding hydrogens is 518 g/mol. The van der Waals surface area contributed by atoms with Crippen molar-refractivity contribution in [3.05, 3.63) is 58.7 Å². The van der Waals surface area contributed by atoms with Gasteiger partial charge in [0.25, 0.3) is 0 Å². The molecule has 0 bridgehead atoms. The Balaban J connectivity index is 1.30. The van der Waals surface area contributed by atoms with Crippen LogP contribution in [0.3, 0.4) is 0 Å². The molecule has 0 atom stereocenters. The first kappa shape index (κ1) is 26.6. The smallest absolute Gasteiger partial charge is 0.234 e. The lowest BCUT2D eigenvalue weighted by Crippen LogP contribution is -2.48. The van der Waals surface area contributed by atoms with Gasteiger partial charge in [0.1, 0.15) is 10.8 Å². The summed E-state index contributed by atoms with van der Waals surface area (Å²) >= 11 is 6.42. The molecular formula is C28H32ClN7O3. The molecule has 2 aromatic carbocycles. The van der Waals surface area contributed by atoms with E-state index in [0.29, 0.717) is 47.9 Å². The van der Waals surface area contributed by atoms with E-state index in [1.807, 2.05) is 55.1 Å². The van der Waals surface area contributed by atoms with Gasteiger partial charge in [0.2, 0.25) is 17.8 Å². The van der Waals surface area contributed by atoms with Gasteiger partial charge in [-0.15, -0.1) is 0 Å². The minimum absolute atomic E-state index is 0.0187. The van der Waals surface area contributed by atoms with Gasteiger partial charge in [-0.2, -0.15) is 4.98 Å². The van der Waals surface area contributed by atoms with Crippen LogP contribution in [0.25, 0.3) is 0 Å². The number of nitrogens with zero attached hydrogens (tertiary/aromatic N) is 4. The summed E-state index contributed by atoms with van der Waals surface area (Å²) in [5, 5.41) is 9.87. The van der Waals surface area contributed by atoms with Crippen molar-refractivity contribution in [3.8, 4) is 5.75 Å². The summed E-state index contributed by atoms with van der Waals surface area (Å²) < 4.78 is 5.65. The highest BCUT2D eigenvalue weighted by molar-refractivity contribution is 6.32. The fraction of sp³-hybridized carbons (Fsp3) is 0.357. The first-order chi connectivity index (χ1) is 18.7. The largest absolute Gasteiger partial charge is 0.494 e. The van der Waals surface area contributed by atoms with Gasteiger partial charge in [0.15, 0.2) is 5.82 Å². The Labute approximate surface area is 232 Å². The number of fused-ring (bicyclic) bond motifs is 1. The zero-order chi connectivity index (χ0) is 27.7. The minimum atomic E-state index is -0.625. The number of nitrogens with one attached hydrogen (secondary N) is 3. The van der Waals surface area contributed by atoms with Crippen molar-refractivity contribution in [2.75, 3.05) is 54.1 Å². The van der Waals surface area contributed by atoms with Gasteiger partial charge in [-0.1, -0.05) is 23.7 Å². The third kappa shape index (κ3) is 5.29. The molecule has 2 aliphatic rings. The highest BCUT2D eigenvalue weighted by atomic mass is 35.5. The fourth-order valence-corrected chi connectivity index (χ4v) is 5.25. The summed E-state index contributed by atoms with van der Waals surface area (Å²) in [5.74, 6) is 1.56. The van der Waals surface area contributed by atoms with Crippen LogP contribution < -0.4 is 25.6 Å². The normalized spacial score (nSPS) is 16.0. The van der Waals surface area contributed by atoms with Crippen LogP contribution in [0.2, 0.25) is 5.02 Å². The molecule has 3 N–H and O–H groups in total. The van der Waals surface area contributed by atoms with Gasteiger partial charge in [-0.25, -0.2) is 4.98 Å². The van der Waals surface area contributed by atoms with E-state index < -0.39 is 5.41 Å². The van der Waals surface area contributed by atoms with Gasteiger partial charge in [-0.3, -0.25) is 9.59 Å². The Hall–Kier alpha value is -4.05. The maximum atomic E-state index is 12.4. The number of amides is 2. The Morgan fingerprint density at radius 2 is 1.95 bits per heavy atom. The summed E-state index contributed by atoms with van der Waals surface area (Å²) in [7, 11) is 1.62. The third-order valence-electron chi connectivity index (χ3n) is 7.30. The van der Waals surface area contributed by atoms with Crippen LogP contribution in [-0.4, -0.2) is 60.0 Å². The fourth-order valence-electron chi connectivity index (χ4n) is 5.09. The number of hydrogen-bond donors (Lipinski definition) is 3. The summed E-state index contributed by atoms with van der Waals surface area (Å²) in [4.78, 5) is 37.1. The number of aromatic nitrogens is 2. The zero-order valence-electron chi connectivity index (χ0n) is 22.5. The van der Waals surface area contributed by atoms with Crippen LogP contribution >= 0.6 is 11.6 Å². The lowest BCUT2D eigenvalue weighted by atomic mass is 9.83. The molecule has 0 unspecified atom stereocenters. The van der Waals surface area contributed by atoms with Crippen molar-refractivity contribution in [2.45, 2.75) is 32.7 Å². The van der Waals surface area contributed by atoms with Crippen molar-refractivity contribution in [1.29, 1.82) is 0 Å². The molecule has 0 spiro atoms. The second-order valence-corrected chi connectivity index (χ2v) is 10.6. The molecule has 3 heterocycles. The number of methoxy groups -OCH3 is 1. The van der Waals surface area contributed by atoms with Crippen molar-refractivity contribution in [2.24, 2.45) is 0 Å². The molecule has 204 valence electrons. The van der Waals surface area contributed by atoms with Gasteiger partial charge >= 0.3 is 0 Å².